The predicted octanol–water partition coefficient (Wildman–Crippen LogP) is 2.44. The number of nitrogens with two attached hydrogens (primary N) is 1. The number of nitrogens with zero attached hydrogens (tertiary/aromatic N) is 4. The monoisotopic (exact) mass is 357 g/mol. The van der Waals surface area contributed by atoms with Crippen molar-refractivity contribution in [2.24, 2.45) is 0 Å². The van der Waals surface area contributed by atoms with Crippen LogP contribution in [0.1, 0.15) is 16.6 Å². The van der Waals surface area contributed by atoms with Gasteiger partial charge in [-0.05, 0) is 18.2 Å². The minimum absolute atomic E-state index is 0.0682. The van der Waals surface area contributed by atoms with Crippen LogP contribution in [-0.4, -0.2) is 43.3 Å². The molecule has 8 heteroatoms. The first-order valence-electron chi connectivity index (χ1n) is 8.29. The Kier molecular flexibility index (Phi) is 3.20. The Labute approximate surface area is 149 Å². The summed E-state index contributed by atoms with van der Waals surface area (Å²) in [6.07, 6.45) is 0.807. The third-order valence-electron chi connectivity index (χ3n) is 4.89. The molecule has 2 aromatic heterocycles. The highest BCUT2D eigenvalue weighted by Crippen LogP contribution is 2.43. The van der Waals surface area contributed by atoms with Gasteiger partial charge in [0.1, 0.15) is 5.52 Å². The maximum Gasteiger partial charge on any atom is 0.299 e. The average Bonchev–Trinajstić information content (AvgIpc) is 3.16. The molecular weight excluding hydrogens is 338 g/mol. The van der Waals surface area contributed by atoms with E-state index in [0.29, 0.717) is 24.4 Å². The smallest absolute Gasteiger partial charge is 0.299 e. The minimum atomic E-state index is 0.0682. The van der Waals surface area contributed by atoms with E-state index in [0.717, 1.165) is 28.9 Å². The molecule has 1 saturated heterocycles. The second-order valence-corrected chi connectivity index (χ2v) is 7.79. The summed E-state index contributed by atoms with van der Waals surface area (Å²) in [6, 6.07) is 6.97. The zero-order valence-corrected chi connectivity index (χ0v) is 14.9. The van der Waals surface area contributed by atoms with Gasteiger partial charge in [-0.2, -0.15) is 4.98 Å². The van der Waals surface area contributed by atoms with Gasteiger partial charge in [0.2, 0.25) is 0 Å². The van der Waals surface area contributed by atoms with Crippen molar-refractivity contribution in [3.63, 3.8) is 0 Å². The Morgan fingerprint density at radius 2 is 2.16 bits per heavy atom. The van der Waals surface area contributed by atoms with Crippen molar-refractivity contribution in [2.75, 3.05) is 42.8 Å². The molecule has 0 unspecified atom stereocenters. The van der Waals surface area contributed by atoms with Gasteiger partial charge in [0, 0.05) is 26.2 Å². The highest BCUT2D eigenvalue weighted by atomic mass is 32.1. The molecule has 0 amide bonds. The molecule has 2 aliphatic heterocycles. The molecule has 1 aromatic carbocycles. The normalized spacial score (nSPS) is 22.2. The number of hydrogen-bond donors (Lipinski definition) is 1. The standard InChI is InChI=1S/C17H19N5O2S/c1-21(2)9-3-4-14-11(5-9)20-17(24-14)22-10-6-12-15(25-16(18)19-12)13(22)8-23-7-10/h3-5,10,13H,6-8H2,1-2H3,(H2,18,19)/t10-,13-/m0/s1. The number of hydrogen-bond acceptors (Lipinski definition) is 8. The zero-order chi connectivity index (χ0) is 17.1. The summed E-state index contributed by atoms with van der Waals surface area (Å²) < 4.78 is 11.9. The fourth-order valence-corrected chi connectivity index (χ4v) is 4.63. The molecule has 0 spiro atoms. The molecule has 5 rings (SSSR count). The van der Waals surface area contributed by atoms with E-state index in [2.05, 4.69) is 20.9 Å². The fraction of sp³-hybridized carbons (Fsp3) is 0.412. The van der Waals surface area contributed by atoms with Crippen LogP contribution in [0, 0.1) is 0 Å². The largest absolute Gasteiger partial charge is 0.423 e. The quantitative estimate of drug-likeness (QED) is 0.754. The molecule has 0 aliphatic carbocycles. The van der Waals surface area contributed by atoms with Crippen molar-refractivity contribution in [1.82, 2.24) is 9.97 Å². The minimum Gasteiger partial charge on any atom is -0.423 e. The molecule has 0 saturated carbocycles. The summed E-state index contributed by atoms with van der Waals surface area (Å²) in [6.45, 7) is 1.25. The summed E-state index contributed by atoms with van der Waals surface area (Å²) in [5.74, 6) is 0. The SMILES string of the molecule is CN(C)c1ccc2oc(N3[C@@H]4COC[C@H]3c3sc(N)nc3C4)nc2c1. The van der Waals surface area contributed by atoms with Crippen LogP contribution >= 0.6 is 11.3 Å². The van der Waals surface area contributed by atoms with Crippen molar-refractivity contribution in [3.05, 3.63) is 28.8 Å². The van der Waals surface area contributed by atoms with E-state index >= 15 is 0 Å². The molecule has 3 aromatic rings. The van der Waals surface area contributed by atoms with Gasteiger partial charge in [0.15, 0.2) is 10.7 Å². The highest BCUT2D eigenvalue weighted by Gasteiger charge is 2.42. The second-order valence-electron chi connectivity index (χ2n) is 6.72. The summed E-state index contributed by atoms with van der Waals surface area (Å²) >= 11 is 1.54. The zero-order valence-electron chi connectivity index (χ0n) is 14.1. The van der Waals surface area contributed by atoms with Crippen molar-refractivity contribution < 1.29 is 9.15 Å². The van der Waals surface area contributed by atoms with Crippen LogP contribution in [0.2, 0.25) is 0 Å². The number of benzene rings is 1. The summed E-state index contributed by atoms with van der Waals surface area (Å²) in [4.78, 5) is 14.7. The molecule has 25 heavy (non-hydrogen) atoms. The third-order valence-corrected chi connectivity index (χ3v) is 5.92. The Balaban J connectivity index is 1.59. The predicted molar refractivity (Wildman–Crippen MR) is 98.4 cm³/mol. The van der Waals surface area contributed by atoms with Crippen LogP contribution in [0.4, 0.5) is 16.8 Å². The van der Waals surface area contributed by atoms with Crippen LogP contribution in [0.5, 0.6) is 0 Å². The first-order chi connectivity index (χ1) is 12.1. The van der Waals surface area contributed by atoms with Crippen LogP contribution in [0.3, 0.4) is 0 Å². The van der Waals surface area contributed by atoms with Crippen LogP contribution < -0.4 is 15.5 Å². The lowest BCUT2D eigenvalue weighted by Gasteiger charge is -2.43. The first-order valence-corrected chi connectivity index (χ1v) is 9.11. The van der Waals surface area contributed by atoms with E-state index in [1.807, 2.05) is 26.2 Å². The second kappa shape index (κ2) is 5.34. The van der Waals surface area contributed by atoms with Crippen LogP contribution in [0.25, 0.3) is 11.1 Å². The number of aromatic nitrogens is 2. The maximum absolute atomic E-state index is 6.09. The van der Waals surface area contributed by atoms with Gasteiger partial charge in [-0.3, -0.25) is 0 Å². The van der Waals surface area contributed by atoms with Crippen LogP contribution in [-0.2, 0) is 11.2 Å². The van der Waals surface area contributed by atoms with Crippen molar-refractivity contribution >= 4 is 39.3 Å². The number of morpholine rings is 1. The lowest BCUT2D eigenvalue weighted by Crippen LogP contribution is -2.51. The average molecular weight is 357 g/mol. The summed E-state index contributed by atoms with van der Waals surface area (Å²) in [5.41, 5.74) is 9.81. The molecule has 2 aliphatic rings. The Morgan fingerprint density at radius 1 is 1.28 bits per heavy atom. The van der Waals surface area contributed by atoms with E-state index in [-0.39, 0.29) is 12.1 Å². The highest BCUT2D eigenvalue weighted by molar-refractivity contribution is 7.15. The molecular formula is C17H19N5O2S. The summed E-state index contributed by atoms with van der Waals surface area (Å²) in [5, 5.41) is 0.616. The van der Waals surface area contributed by atoms with E-state index in [4.69, 9.17) is 19.9 Å². The van der Waals surface area contributed by atoms with Crippen molar-refractivity contribution in [3.8, 4) is 0 Å². The molecule has 2 atom stereocenters. The first kappa shape index (κ1) is 15.0. The topological polar surface area (TPSA) is 80.7 Å². The van der Waals surface area contributed by atoms with Crippen molar-refractivity contribution in [1.29, 1.82) is 0 Å². The Bertz CT molecular complexity index is 950. The van der Waals surface area contributed by atoms with E-state index in [9.17, 15) is 0 Å². The maximum atomic E-state index is 6.09. The third kappa shape index (κ3) is 2.28. The van der Waals surface area contributed by atoms with Gasteiger partial charge < -0.3 is 24.7 Å². The van der Waals surface area contributed by atoms with Gasteiger partial charge >= 0.3 is 0 Å². The van der Waals surface area contributed by atoms with Gasteiger partial charge in [0.25, 0.3) is 6.01 Å². The van der Waals surface area contributed by atoms with E-state index in [1.165, 1.54) is 16.2 Å². The molecule has 4 heterocycles. The van der Waals surface area contributed by atoms with Gasteiger partial charge in [-0.1, -0.05) is 11.3 Å². The van der Waals surface area contributed by atoms with Gasteiger partial charge in [-0.15, -0.1) is 0 Å². The lowest BCUT2D eigenvalue weighted by molar-refractivity contribution is 0.0579. The van der Waals surface area contributed by atoms with Crippen molar-refractivity contribution in [2.45, 2.75) is 18.5 Å². The number of thiazole rings is 1. The fourth-order valence-electron chi connectivity index (χ4n) is 3.68. The number of rotatable bonds is 2. The number of nitrogen functional groups attached to an aromatic ring is 1. The molecule has 130 valence electrons. The van der Waals surface area contributed by atoms with E-state index in [1.54, 1.807) is 0 Å². The summed E-state index contributed by atoms with van der Waals surface area (Å²) in [7, 11) is 4.04. The Hall–Kier alpha value is -2.32. The molecule has 2 N–H and O–H groups in total. The number of fused-ring (bicyclic) bond motifs is 5. The molecule has 0 radical (unpaired) electrons. The Morgan fingerprint density at radius 3 is 3.00 bits per heavy atom. The number of ether oxygens (including phenoxy) is 1. The van der Waals surface area contributed by atoms with Crippen LogP contribution in [0.15, 0.2) is 22.6 Å². The molecule has 2 bridgehead atoms. The van der Waals surface area contributed by atoms with Gasteiger partial charge in [0.05, 0.1) is 35.9 Å². The lowest BCUT2D eigenvalue weighted by atomic mass is 9.97. The number of anilines is 3. The van der Waals surface area contributed by atoms with E-state index < -0.39 is 0 Å². The molecule has 7 nitrogen and oxygen atoms in total. The number of oxazole rings is 1. The van der Waals surface area contributed by atoms with Gasteiger partial charge in [-0.25, -0.2) is 4.98 Å². The molecule has 1 fully saturated rings.